The minimum Gasteiger partial charge on any atom is -0.340 e. The molecular weight excluding hydrogens is 384 g/mol. The van der Waals surface area contributed by atoms with Gasteiger partial charge < -0.3 is 9.47 Å². The molecule has 2 aromatic heterocycles. The molecule has 1 saturated heterocycles. The second-order valence-corrected chi connectivity index (χ2v) is 10.4. The van der Waals surface area contributed by atoms with E-state index in [0.29, 0.717) is 38.3 Å². The molecule has 0 bridgehead atoms. The van der Waals surface area contributed by atoms with Crippen LogP contribution >= 0.6 is 11.3 Å². The van der Waals surface area contributed by atoms with Gasteiger partial charge in [-0.1, -0.05) is 0 Å². The lowest BCUT2D eigenvalue weighted by molar-refractivity contribution is -0.135. The van der Waals surface area contributed by atoms with Gasteiger partial charge in [-0.05, 0) is 38.8 Å². The first-order valence-electron chi connectivity index (χ1n) is 8.99. The van der Waals surface area contributed by atoms with E-state index in [1.807, 2.05) is 13.1 Å². The van der Waals surface area contributed by atoms with E-state index in [9.17, 15) is 13.2 Å². The van der Waals surface area contributed by atoms with Gasteiger partial charge in [0.25, 0.3) is 10.0 Å². The maximum Gasteiger partial charge on any atom is 0.262 e. The van der Waals surface area contributed by atoms with Crippen molar-refractivity contribution in [3.8, 4) is 0 Å². The van der Waals surface area contributed by atoms with Crippen molar-refractivity contribution in [3.05, 3.63) is 33.9 Å². The molecule has 7 nitrogen and oxygen atoms in total. The van der Waals surface area contributed by atoms with Crippen LogP contribution in [-0.4, -0.2) is 53.2 Å². The molecule has 0 aliphatic carbocycles. The summed E-state index contributed by atoms with van der Waals surface area (Å²) in [6, 6.07) is 4.11. The molecule has 2 aromatic rings. The average molecular weight is 411 g/mol. The Morgan fingerprint density at radius 3 is 2.48 bits per heavy atom. The average Bonchev–Trinajstić information content (AvgIpc) is 3.20. The van der Waals surface area contributed by atoms with Crippen LogP contribution in [0.3, 0.4) is 0 Å². The molecule has 27 heavy (non-hydrogen) atoms. The van der Waals surface area contributed by atoms with Crippen LogP contribution in [0.2, 0.25) is 0 Å². The number of carbonyl (C=O) groups is 1. The van der Waals surface area contributed by atoms with Gasteiger partial charge in [0, 0.05) is 49.1 Å². The van der Waals surface area contributed by atoms with E-state index in [2.05, 4.69) is 18.0 Å². The molecule has 1 amide bonds. The number of sulfonamides is 1. The summed E-state index contributed by atoms with van der Waals surface area (Å²) in [7, 11) is -0.00910. The molecule has 1 aliphatic rings. The fourth-order valence-corrected chi connectivity index (χ4v) is 5.76. The lowest BCUT2D eigenvalue weighted by Crippen LogP contribution is -2.43. The molecule has 0 saturated carbocycles. The Bertz CT molecular complexity index is 905. The Labute approximate surface area is 164 Å². The van der Waals surface area contributed by atoms with E-state index in [-0.39, 0.29) is 16.9 Å². The zero-order valence-corrected chi connectivity index (χ0v) is 17.8. The highest BCUT2D eigenvalue weighted by atomic mass is 32.2. The number of piperidine rings is 1. The smallest absolute Gasteiger partial charge is 0.262 e. The van der Waals surface area contributed by atoms with Crippen molar-refractivity contribution in [2.45, 2.75) is 38.3 Å². The highest BCUT2D eigenvalue weighted by Gasteiger charge is 2.34. The Morgan fingerprint density at radius 2 is 1.96 bits per heavy atom. The molecule has 9 heteroatoms. The van der Waals surface area contributed by atoms with Gasteiger partial charge in [0.15, 0.2) is 5.03 Å². The topological polar surface area (TPSA) is 75.5 Å². The molecule has 0 radical (unpaired) electrons. The first kappa shape index (κ1) is 20.0. The van der Waals surface area contributed by atoms with Crippen LogP contribution in [0, 0.1) is 19.8 Å². The first-order chi connectivity index (χ1) is 12.7. The van der Waals surface area contributed by atoms with Gasteiger partial charge in [0.05, 0.1) is 6.54 Å². The third kappa shape index (κ3) is 4.25. The number of aromatic nitrogens is 2. The van der Waals surface area contributed by atoms with Crippen molar-refractivity contribution in [3.63, 3.8) is 0 Å². The molecule has 0 unspecified atom stereocenters. The monoisotopic (exact) mass is 410 g/mol. The second kappa shape index (κ2) is 7.73. The summed E-state index contributed by atoms with van der Waals surface area (Å²) in [5, 5.41) is 0.0810. The Balaban J connectivity index is 1.60. The second-order valence-electron chi connectivity index (χ2n) is 7.12. The minimum absolute atomic E-state index is 0.0810. The number of hydrogen-bond acceptors (Lipinski definition) is 5. The number of rotatable bonds is 5. The maximum absolute atomic E-state index is 12.8. The summed E-state index contributed by atoms with van der Waals surface area (Å²) in [4.78, 5) is 21.0. The summed E-state index contributed by atoms with van der Waals surface area (Å²) >= 11 is 1.69. The molecule has 3 rings (SSSR count). The third-order valence-electron chi connectivity index (χ3n) is 5.06. The van der Waals surface area contributed by atoms with Crippen molar-refractivity contribution in [1.29, 1.82) is 0 Å². The first-order valence-corrected chi connectivity index (χ1v) is 11.2. The van der Waals surface area contributed by atoms with Crippen LogP contribution in [0.5, 0.6) is 0 Å². The molecule has 3 heterocycles. The molecule has 0 N–H and O–H groups in total. The van der Waals surface area contributed by atoms with Gasteiger partial charge in [-0.15, -0.1) is 11.3 Å². The molecule has 1 fully saturated rings. The van der Waals surface area contributed by atoms with Gasteiger partial charge in [-0.3, -0.25) is 4.79 Å². The van der Waals surface area contributed by atoms with Crippen LogP contribution in [0.1, 0.15) is 28.4 Å². The number of aryl methyl sites for hydroxylation is 3. The van der Waals surface area contributed by atoms with Crippen molar-refractivity contribution in [2.75, 3.05) is 20.1 Å². The number of amides is 1. The normalized spacial score (nSPS) is 16.6. The number of nitrogens with zero attached hydrogens (tertiary/aromatic N) is 4. The minimum atomic E-state index is -3.60. The van der Waals surface area contributed by atoms with Crippen molar-refractivity contribution >= 4 is 27.3 Å². The van der Waals surface area contributed by atoms with Crippen LogP contribution < -0.4 is 0 Å². The fraction of sp³-hybridized carbons (Fsp3) is 0.556. The van der Waals surface area contributed by atoms with Gasteiger partial charge >= 0.3 is 0 Å². The molecule has 0 aromatic carbocycles. The highest BCUT2D eigenvalue weighted by molar-refractivity contribution is 7.89. The quantitative estimate of drug-likeness (QED) is 0.757. The SMILES string of the molecule is Cc1ccc(CN(C)C(=O)C2CCN(S(=O)(=O)c3cn(C)c(C)n3)CC2)s1. The largest absolute Gasteiger partial charge is 0.340 e. The van der Waals surface area contributed by atoms with Gasteiger partial charge in [-0.25, -0.2) is 13.4 Å². The summed E-state index contributed by atoms with van der Waals surface area (Å²) in [6.07, 6.45) is 2.62. The zero-order valence-electron chi connectivity index (χ0n) is 16.2. The summed E-state index contributed by atoms with van der Waals surface area (Å²) in [5.74, 6) is 0.615. The number of carbonyl (C=O) groups excluding carboxylic acids is 1. The van der Waals surface area contributed by atoms with Crippen molar-refractivity contribution < 1.29 is 13.2 Å². The van der Waals surface area contributed by atoms with E-state index >= 15 is 0 Å². The van der Waals surface area contributed by atoms with Crippen LogP contribution in [-0.2, 0) is 28.4 Å². The fourth-order valence-electron chi connectivity index (χ4n) is 3.32. The van der Waals surface area contributed by atoms with Gasteiger partial charge in [0.1, 0.15) is 5.82 Å². The molecule has 148 valence electrons. The Kier molecular flexibility index (Phi) is 5.73. The van der Waals surface area contributed by atoms with Gasteiger partial charge in [-0.2, -0.15) is 4.31 Å². The Morgan fingerprint density at radius 1 is 1.30 bits per heavy atom. The van der Waals surface area contributed by atoms with Crippen LogP contribution in [0.25, 0.3) is 0 Å². The Hall–Kier alpha value is -1.71. The number of thiophene rings is 1. The van der Waals surface area contributed by atoms with E-state index in [4.69, 9.17) is 0 Å². The lowest BCUT2D eigenvalue weighted by Gasteiger charge is -2.32. The standard InChI is InChI=1S/C18H26N4O3S2/c1-13-5-6-16(26-13)11-21(4)18(23)15-7-9-22(10-8-15)27(24,25)17-12-20(3)14(2)19-17/h5-6,12,15H,7-11H2,1-4H3. The predicted octanol–water partition coefficient (Wildman–Crippen LogP) is 2.16. The summed E-state index contributed by atoms with van der Waals surface area (Å²) in [6.45, 7) is 5.12. The number of imidazole rings is 1. The van der Waals surface area contributed by atoms with E-state index < -0.39 is 10.0 Å². The van der Waals surface area contributed by atoms with Crippen molar-refractivity contribution in [2.24, 2.45) is 13.0 Å². The lowest BCUT2D eigenvalue weighted by atomic mass is 9.96. The van der Waals surface area contributed by atoms with Crippen LogP contribution in [0.4, 0.5) is 0 Å². The van der Waals surface area contributed by atoms with E-state index in [1.165, 1.54) is 9.18 Å². The van der Waals surface area contributed by atoms with E-state index in [0.717, 1.165) is 4.88 Å². The predicted molar refractivity (Wildman–Crippen MR) is 105 cm³/mol. The summed E-state index contributed by atoms with van der Waals surface area (Å²) in [5.41, 5.74) is 0. The third-order valence-corrected chi connectivity index (χ3v) is 7.81. The molecule has 0 atom stereocenters. The van der Waals surface area contributed by atoms with Gasteiger partial charge in [0.2, 0.25) is 5.91 Å². The molecule has 0 spiro atoms. The molecular formula is C18H26N4O3S2. The molecule has 1 aliphatic heterocycles. The summed E-state index contributed by atoms with van der Waals surface area (Å²) < 4.78 is 28.7. The maximum atomic E-state index is 12.8. The zero-order chi connectivity index (χ0) is 19.8. The number of hydrogen-bond donors (Lipinski definition) is 0. The van der Waals surface area contributed by atoms with Crippen LogP contribution in [0.15, 0.2) is 23.4 Å². The van der Waals surface area contributed by atoms with E-state index in [1.54, 1.807) is 41.0 Å². The van der Waals surface area contributed by atoms with Crippen molar-refractivity contribution in [1.82, 2.24) is 18.8 Å². The highest BCUT2D eigenvalue weighted by Crippen LogP contribution is 2.25.